The number of carbonyl (C=O) groups excluding carboxylic acids is 2. The van der Waals surface area contributed by atoms with Crippen molar-refractivity contribution >= 4 is 39.3 Å². The largest absolute Gasteiger partial charge is 0.288 e. The van der Waals surface area contributed by atoms with Gasteiger partial charge in [-0.05, 0) is 18.1 Å². The van der Waals surface area contributed by atoms with Gasteiger partial charge in [0.05, 0.1) is 5.69 Å². The Hall–Kier alpha value is -1.73. The Morgan fingerprint density at radius 3 is 3.05 bits per heavy atom. The average Bonchev–Trinajstić information content (AvgIpc) is 3.12. The first kappa shape index (κ1) is 15.2. The van der Waals surface area contributed by atoms with Gasteiger partial charge in [0.15, 0.2) is 10.2 Å². The van der Waals surface area contributed by atoms with Crippen LogP contribution in [0, 0.1) is 5.92 Å². The van der Waals surface area contributed by atoms with Gasteiger partial charge < -0.3 is 0 Å². The summed E-state index contributed by atoms with van der Waals surface area (Å²) in [5.74, 6) is 0.982. The first-order valence-corrected chi connectivity index (χ1v) is 8.80. The van der Waals surface area contributed by atoms with E-state index in [-0.39, 0.29) is 16.9 Å². The summed E-state index contributed by atoms with van der Waals surface area (Å²) in [6, 6.07) is 5.67. The number of amides is 1. The van der Waals surface area contributed by atoms with Crippen LogP contribution in [0.1, 0.15) is 13.3 Å². The van der Waals surface area contributed by atoms with E-state index in [1.165, 1.54) is 23.1 Å². The van der Waals surface area contributed by atoms with E-state index in [2.05, 4.69) is 9.97 Å². The molecule has 3 heterocycles. The molecule has 1 aliphatic heterocycles. The van der Waals surface area contributed by atoms with Crippen molar-refractivity contribution in [1.82, 2.24) is 9.97 Å². The third-order valence-corrected chi connectivity index (χ3v) is 5.29. The normalized spacial score (nSPS) is 18.0. The third-order valence-electron chi connectivity index (χ3n) is 3.38. The molecule has 1 saturated heterocycles. The number of thioether (sulfide) groups is 1. The van der Waals surface area contributed by atoms with Crippen LogP contribution in [0.4, 0.5) is 5.13 Å². The van der Waals surface area contributed by atoms with E-state index in [9.17, 15) is 9.59 Å². The highest BCUT2D eigenvalue weighted by molar-refractivity contribution is 8.13. The lowest BCUT2D eigenvalue weighted by Gasteiger charge is -2.12. The number of rotatable bonds is 4. The Morgan fingerprint density at radius 2 is 2.32 bits per heavy atom. The lowest BCUT2D eigenvalue weighted by atomic mass is 10.1. The van der Waals surface area contributed by atoms with Gasteiger partial charge in [-0.25, -0.2) is 4.98 Å². The molecule has 0 aliphatic carbocycles. The van der Waals surface area contributed by atoms with E-state index in [0.29, 0.717) is 23.8 Å². The highest BCUT2D eigenvalue weighted by atomic mass is 32.2. The highest BCUT2D eigenvalue weighted by Crippen LogP contribution is 2.31. The maximum absolute atomic E-state index is 12.2. The molecule has 1 unspecified atom stereocenters. The van der Waals surface area contributed by atoms with Gasteiger partial charge in [0.1, 0.15) is 5.69 Å². The maximum atomic E-state index is 12.2. The van der Waals surface area contributed by atoms with Gasteiger partial charge in [0.2, 0.25) is 5.91 Å². The number of nitrogens with zero attached hydrogens (tertiary/aromatic N) is 3. The third kappa shape index (κ3) is 3.36. The molecule has 2 aromatic rings. The fraction of sp³-hybridized carbons (Fsp3) is 0.333. The summed E-state index contributed by atoms with van der Waals surface area (Å²) >= 11 is 2.74. The average molecular weight is 333 g/mol. The molecule has 0 spiro atoms. The Morgan fingerprint density at radius 1 is 1.45 bits per heavy atom. The lowest BCUT2D eigenvalue weighted by molar-refractivity contribution is -0.117. The second-order valence-corrected chi connectivity index (χ2v) is 7.14. The van der Waals surface area contributed by atoms with Gasteiger partial charge in [-0.3, -0.25) is 19.5 Å². The highest BCUT2D eigenvalue weighted by Gasteiger charge is 2.32. The molecule has 1 amide bonds. The van der Waals surface area contributed by atoms with Crippen LogP contribution < -0.4 is 4.90 Å². The van der Waals surface area contributed by atoms with Gasteiger partial charge in [0.25, 0.3) is 0 Å². The molecule has 0 aromatic carbocycles. The topological polar surface area (TPSA) is 63.2 Å². The van der Waals surface area contributed by atoms with Crippen LogP contribution in [0.3, 0.4) is 0 Å². The molecule has 114 valence electrons. The minimum absolute atomic E-state index is 0.0797. The van der Waals surface area contributed by atoms with Gasteiger partial charge in [-0.1, -0.05) is 17.8 Å². The van der Waals surface area contributed by atoms with Crippen molar-refractivity contribution in [1.29, 1.82) is 0 Å². The zero-order valence-corrected chi connectivity index (χ0v) is 13.7. The molecule has 22 heavy (non-hydrogen) atoms. The molecule has 0 bridgehead atoms. The zero-order valence-electron chi connectivity index (χ0n) is 12.1. The fourth-order valence-electron chi connectivity index (χ4n) is 2.33. The van der Waals surface area contributed by atoms with Crippen molar-refractivity contribution in [2.45, 2.75) is 13.3 Å². The van der Waals surface area contributed by atoms with Crippen LogP contribution in [0.5, 0.6) is 0 Å². The Bertz CT molecular complexity index is 687. The van der Waals surface area contributed by atoms with Gasteiger partial charge >= 0.3 is 0 Å². The van der Waals surface area contributed by atoms with Gasteiger partial charge in [0, 0.05) is 37.2 Å². The summed E-state index contributed by atoms with van der Waals surface area (Å²) in [5, 5.41) is 2.72. The zero-order chi connectivity index (χ0) is 15.5. The first-order valence-electron chi connectivity index (χ1n) is 6.94. The van der Waals surface area contributed by atoms with E-state index in [4.69, 9.17) is 0 Å². The Labute approximate surface area is 136 Å². The molecule has 1 aliphatic rings. The van der Waals surface area contributed by atoms with Crippen molar-refractivity contribution in [2.24, 2.45) is 5.92 Å². The standard InChI is InChI=1S/C15H15N3O2S2/c1-10(19)21-8-11-6-14(20)18(7-11)15-17-13(9-22-15)12-4-2-3-5-16-12/h2-5,9,11H,6-8H2,1H3. The molecule has 2 aromatic heterocycles. The molecule has 7 heteroatoms. The summed E-state index contributed by atoms with van der Waals surface area (Å²) in [5.41, 5.74) is 1.59. The minimum Gasteiger partial charge on any atom is -0.288 e. The van der Waals surface area contributed by atoms with Gasteiger partial charge in [-0.2, -0.15) is 0 Å². The minimum atomic E-state index is 0.0797. The molecule has 1 atom stereocenters. The summed E-state index contributed by atoms with van der Waals surface area (Å²) in [6.45, 7) is 2.19. The Balaban J connectivity index is 1.71. The molecule has 0 N–H and O–H groups in total. The SMILES string of the molecule is CC(=O)SCC1CC(=O)N(c2nc(-c3ccccn3)cs2)C1. The van der Waals surface area contributed by atoms with E-state index in [1.54, 1.807) is 18.0 Å². The van der Waals surface area contributed by atoms with E-state index in [0.717, 1.165) is 11.4 Å². The first-order chi connectivity index (χ1) is 10.6. The number of thiazole rings is 1. The van der Waals surface area contributed by atoms with Crippen LogP contribution in [-0.4, -0.2) is 33.3 Å². The quantitative estimate of drug-likeness (QED) is 0.861. The van der Waals surface area contributed by atoms with Crippen LogP contribution >= 0.6 is 23.1 Å². The lowest BCUT2D eigenvalue weighted by Crippen LogP contribution is -2.24. The van der Waals surface area contributed by atoms with Crippen LogP contribution in [0.2, 0.25) is 0 Å². The van der Waals surface area contributed by atoms with Crippen molar-refractivity contribution < 1.29 is 9.59 Å². The van der Waals surface area contributed by atoms with Crippen molar-refractivity contribution in [3.05, 3.63) is 29.8 Å². The smallest absolute Gasteiger partial charge is 0.229 e. The predicted octanol–water partition coefficient (Wildman–Crippen LogP) is 2.84. The number of hydrogen-bond donors (Lipinski definition) is 0. The predicted molar refractivity (Wildman–Crippen MR) is 88.9 cm³/mol. The van der Waals surface area contributed by atoms with Crippen molar-refractivity contribution in [2.75, 3.05) is 17.2 Å². The van der Waals surface area contributed by atoms with E-state index in [1.807, 2.05) is 23.6 Å². The van der Waals surface area contributed by atoms with E-state index < -0.39 is 0 Å². The number of aromatic nitrogens is 2. The number of hydrogen-bond acceptors (Lipinski definition) is 6. The molecule has 3 rings (SSSR count). The molecule has 5 nitrogen and oxygen atoms in total. The van der Waals surface area contributed by atoms with Crippen LogP contribution in [0.25, 0.3) is 11.4 Å². The molecule has 0 radical (unpaired) electrons. The summed E-state index contributed by atoms with van der Waals surface area (Å²) in [6.07, 6.45) is 2.21. The second-order valence-electron chi connectivity index (χ2n) is 5.11. The monoisotopic (exact) mass is 333 g/mol. The Kier molecular flexibility index (Phi) is 4.54. The summed E-state index contributed by atoms with van der Waals surface area (Å²) in [7, 11) is 0. The summed E-state index contributed by atoms with van der Waals surface area (Å²) < 4.78 is 0. The molecule has 1 fully saturated rings. The number of anilines is 1. The van der Waals surface area contributed by atoms with E-state index >= 15 is 0 Å². The van der Waals surface area contributed by atoms with Crippen LogP contribution in [-0.2, 0) is 9.59 Å². The van der Waals surface area contributed by atoms with Crippen molar-refractivity contribution in [3.63, 3.8) is 0 Å². The molecular formula is C15H15N3O2S2. The van der Waals surface area contributed by atoms with Crippen molar-refractivity contribution in [3.8, 4) is 11.4 Å². The van der Waals surface area contributed by atoms with Gasteiger partial charge in [-0.15, -0.1) is 11.3 Å². The molecule has 0 saturated carbocycles. The maximum Gasteiger partial charge on any atom is 0.229 e. The summed E-state index contributed by atoms with van der Waals surface area (Å²) in [4.78, 5) is 33.7. The molecular weight excluding hydrogens is 318 g/mol. The number of pyridine rings is 1. The van der Waals surface area contributed by atoms with Crippen LogP contribution in [0.15, 0.2) is 29.8 Å². The second kappa shape index (κ2) is 6.58. The number of carbonyl (C=O) groups is 2. The fourth-order valence-corrected chi connectivity index (χ4v) is 3.87.